The molecule has 0 saturated heterocycles. The summed E-state index contributed by atoms with van der Waals surface area (Å²) in [5.74, 6) is 0. The molecule has 1 heteroatoms. The van der Waals surface area contributed by atoms with Gasteiger partial charge in [-0.2, -0.15) is 0 Å². The summed E-state index contributed by atoms with van der Waals surface area (Å²) >= 11 is -2.60. The summed E-state index contributed by atoms with van der Waals surface area (Å²) in [7, 11) is 0. The molecule has 21 heavy (non-hydrogen) atoms. The van der Waals surface area contributed by atoms with Crippen molar-refractivity contribution in [2.75, 3.05) is 0 Å². The van der Waals surface area contributed by atoms with Gasteiger partial charge in [0, 0.05) is 0 Å². The zero-order valence-corrected chi connectivity index (χ0v) is 14.9. The molecule has 4 rings (SSSR count). The maximum absolute atomic E-state index is 2.60. The van der Waals surface area contributed by atoms with Crippen LogP contribution in [0.5, 0.6) is 0 Å². The minimum absolute atomic E-state index is 1.30. The van der Waals surface area contributed by atoms with Crippen LogP contribution in [0.15, 0.2) is 84.9 Å². The van der Waals surface area contributed by atoms with Crippen LogP contribution in [0.1, 0.15) is 11.1 Å². The quantitative estimate of drug-likeness (QED) is 0.603. The first-order chi connectivity index (χ1) is 10.4. The fourth-order valence-electron chi connectivity index (χ4n) is 3.70. The zero-order chi connectivity index (χ0) is 14.1. The Labute approximate surface area is 130 Å². The third kappa shape index (κ3) is 2.22. The van der Waals surface area contributed by atoms with Crippen molar-refractivity contribution in [3.8, 4) is 0 Å². The van der Waals surface area contributed by atoms with Crippen LogP contribution in [0.4, 0.5) is 0 Å². The first-order valence-electron chi connectivity index (χ1n) is 7.56. The van der Waals surface area contributed by atoms with E-state index in [1.165, 1.54) is 8.87 Å². The van der Waals surface area contributed by atoms with Gasteiger partial charge in [0.15, 0.2) is 0 Å². The Morgan fingerprint density at radius 1 is 0.476 bits per heavy atom. The number of hydrogen-bond acceptors (Lipinski definition) is 0. The van der Waals surface area contributed by atoms with Crippen LogP contribution < -0.4 is 7.16 Å². The van der Waals surface area contributed by atoms with Crippen LogP contribution in [0.2, 0.25) is 0 Å². The van der Waals surface area contributed by atoms with Gasteiger partial charge < -0.3 is 0 Å². The number of rotatable bonds is 2. The molecule has 0 amide bonds. The van der Waals surface area contributed by atoms with Gasteiger partial charge >= 0.3 is 130 Å². The predicted octanol–water partition coefficient (Wildman–Crippen LogP) is 3.13. The van der Waals surface area contributed by atoms with Crippen LogP contribution in [0.25, 0.3) is 0 Å². The summed E-state index contributed by atoms with van der Waals surface area (Å²) in [4.78, 5) is 0. The van der Waals surface area contributed by atoms with Gasteiger partial charge in [-0.05, 0) is 0 Å². The first-order valence-corrected chi connectivity index (χ1v) is 14.5. The van der Waals surface area contributed by atoms with Gasteiger partial charge in [-0.25, -0.2) is 0 Å². The molecule has 1 heterocycles. The second kappa shape index (κ2) is 5.34. The van der Waals surface area contributed by atoms with Crippen LogP contribution >= 0.6 is 0 Å². The van der Waals surface area contributed by atoms with Crippen molar-refractivity contribution in [3.63, 3.8) is 0 Å². The van der Waals surface area contributed by atoms with Crippen molar-refractivity contribution >= 4 is 25.5 Å². The molecular formula is C20H18Sn. The minimum atomic E-state index is -2.60. The normalized spacial score (nSPS) is 15.6. The van der Waals surface area contributed by atoms with E-state index in [-0.39, 0.29) is 0 Å². The van der Waals surface area contributed by atoms with Gasteiger partial charge in [0.1, 0.15) is 0 Å². The molecule has 1 aliphatic heterocycles. The SMILES string of the molecule is c1cc[c]([Sn]2([c]3ccccc3)[CH2]c3ccccc3[CH2]2)cc1. The molecule has 1 aliphatic rings. The predicted molar refractivity (Wildman–Crippen MR) is 91.8 cm³/mol. The molecule has 0 fully saturated rings. The molecular weight excluding hydrogens is 359 g/mol. The van der Waals surface area contributed by atoms with Crippen molar-refractivity contribution in [2.24, 2.45) is 0 Å². The van der Waals surface area contributed by atoms with Crippen LogP contribution in [0.3, 0.4) is 0 Å². The van der Waals surface area contributed by atoms with Gasteiger partial charge in [0.2, 0.25) is 0 Å². The van der Waals surface area contributed by atoms with Crippen LogP contribution in [-0.2, 0) is 8.87 Å². The molecule has 0 spiro atoms. The molecule has 102 valence electrons. The molecule has 0 unspecified atom stereocenters. The van der Waals surface area contributed by atoms with E-state index in [0.29, 0.717) is 0 Å². The van der Waals surface area contributed by atoms with Crippen LogP contribution in [0, 0.1) is 0 Å². The molecule has 0 nitrogen and oxygen atoms in total. The third-order valence-corrected chi connectivity index (χ3v) is 18.6. The number of fused-ring (bicyclic) bond motifs is 1. The molecule has 0 radical (unpaired) electrons. The van der Waals surface area contributed by atoms with E-state index in [1.54, 1.807) is 18.3 Å². The van der Waals surface area contributed by atoms with E-state index in [1.807, 2.05) is 0 Å². The third-order valence-electron chi connectivity index (χ3n) is 4.76. The first kappa shape index (κ1) is 13.1. The van der Waals surface area contributed by atoms with Crippen molar-refractivity contribution < 1.29 is 0 Å². The topological polar surface area (TPSA) is 0 Å². The summed E-state index contributed by atoms with van der Waals surface area (Å²) in [6, 6.07) is 31.6. The molecule has 0 aliphatic carbocycles. The zero-order valence-electron chi connectivity index (χ0n) is 12.0. The molecule has 3 aromatic rings. The van der Waals surface area contributed by atoms with Gasteiger partial charge in [-0.1, -0.05) is 0 Å². The molecule has 0 atom stereocenters. The number of hydrogen-bond donors (Lipinski definition) is 0. The van der Waals surface area contributed by atoms with E-state index in [9.17, 15) is 0 Å². The van der Waals surface area contributed by atoms with Crippen molar-refractivity contribution in [3.05, 3.63) is 96.1 Å². The summed E-state index contributed by atoms with van der Waals surface area (Å²) in [5, 5.41) is 0. The summed E-state index contributed by atoms with van der Waals surface area (Å²) < 4.78 is 5.88. The standard InChI is InChI=1S/C8H8.2C6H5.Sn/c1-7-5-3-4-6-8(7)2;2*1-2-4-6-5-3-1;/h3-6H,1-2H2;2*1-5H;. The van der Waals surface area contributed by atoms with Crippen molar-refractivity contribution in [2.45, 2.75) is 8.87 Å². The van der Waals surface area contributed by atoms with Crippen molar-refractivity contribution in [1.82, 2.24) is 0 Å². The summed E-state index contributed by atoms with van der Waals surface area (Å²) in [5.41, 5.74) is 3.17. The van der Waals surface area contributed by atoms with Gasteiger partial charge in [-0.15, -0.1) is 0 Å². The van der Waals surface area contributed by atoms with E-state index in [4.69, 9.17) is 0 Å². The monoisotopic (exact) mass is 378 g/mol. The Bertz CT molecular complexity index is 681. The molecule has 0 saturated carbocycles. The van der Waals surface area contributed by atoms with E-state index in [0.717, 1.165) is 0 Å². The van der Waals surface area contributed by atoms with Gasteiger partial charge in [-0.3, -0.25) is 0 Å². The van der Waals surface area contributed by atoms with Crippen LogP contribution in [-0.4, -0.2) is 18.4 Å². The molecule has 0 N–H and O–H groups in total. The fourth-order valence-corrected chi connectivity index (χ4v) is 17.8. The summed E-state index contributed by atoms with van der Waals surface area (Å²) in [6.07, 6.45) is 0. The average molecular weight is 377 g/mol. The summed E-state index contributed by atoms with van der Waals surface area (Å²) in [6.45, 7) is 0. The maximum atomic E-state index is 2.37. The Balaban J connectivity index is 1.90. The molecule has 0 aromatic heterocycles. The average Bonchev–Trinajstić information content (AvgIpc) is 2.97. The van der Waals surface area contributed by atoms with Crippen molar-refractivity contribution in [1.29, 1.82) is 0 Å². The Hall–Kier alpha value is -1.54. The van der Waals surface area contributed by atoms with Gasteiger partial charge in [0.25, 0.3) is 0 Å². The van der Waals surface area contributed by atoms with E-state index in [2.05, 4.69) is 84.9 Å². The second-order valence-corrected chi connectivity index (χ2v) is 17.4. The fraction of sp³-hybridized carbons (Fsp3) is 0.100. The second-order valence-electron chi connectivity index (χ2n) is 5.94. The number of benzene rings is 3. The van der Waals surface area contributed by atoms with E-state index < -0.39 is 18.4 Å². The molecule has 3 aromatic carbocycles. The Morgan fingerprint density at radius 3 is 1.29 bits per heavy atom. The Kier molecular flexibility index (Phi) is 3.34. The van der Waals surface area contributed by atoms with E-state index >= 15 is 0 Å². The van der Waals surface area contributed by atoms with Gasteiger partial charge in [0.05, 0.1) is 0 Å². The molecule has 0 bridgehead atoms. The Morgan fingerprint density at radius 2 is 0.857 bits per heavy atom.